The molecule has 0 aliphatic heterocycles. The van der Waals surface area contributed by atoms with E-state index < -0.39 is 24.2 Å². The number of nitrogens with one attached hydrogen (secondary N) is 2. The van der Waals surface area contributed by atoms with Gasteiger partial charge in [-0.15, -0.1) is 0 Å². The van der Waals surface area contributed by atoms with E-state index in [0.717, 1.165) is 16.7 Å². The Morgan fingerprint density at radius 3 is 2.10 bits per heavy atom. The maximum absolute atomic E-state index is 13.7. The summed E-state index contributed by atoms with van der Waals surface area (Å²) in [5, 5.41) is 13.4. The average molecular weight is 403 g/mol. The Labute approximate surface area is 168 Å². The van der Waals surface area contributed by atoms with E-state index in [2.05, 4.69) is 10.6 Å². The van der Waals surface area contributed by atoms with Crippen LogP contribution in [0.1, 0.15) is 36.9 Å². The number of amides is 1. The van der Waals surface area contributed by atoms with Gasteiger partial charge in [0.2, 0.25) is 5.91 Å². The largest absolute Gasteiger partial charge is 0.407 e. The SMILES string of the molecule is CCC[C@H](N[C@@H](c1ccc(-c2ccc(C)cc2)cc1)C(F)(F)F)C(=O)NCC#N. The first-order valence-corrected chi connectivity index (χ1v) is 9.40. The lowest BCUT2D eigenvalue weighted by Crippen LogP contribution is -2.49. The van der Waals surface area contributed by atoms with Gasteiger partial charge in [0, 0.05) is 0 Å². The summed E-state index contributed by atoms with van der Waals surface area (Å²) < 4.78 is 41.2. The first-order chi connectivity index (χ1) is 13.8. The van der Waals surface area contributed by atoms with Crippen LogP contribution in [-0.2, 0) is 4.79 Å². The number of halogens is 3. The third-order valence-electron chi connectivity index (χ3n) is 4.56. The molecule has 4 nitrogen and oxygen atoms in total. The van der Waals surface area contributed by atoms with Crippen molar-refractivity contribution in [2.24, 2.45) is 0 Å². The number of rotatable bonds is 8. The number of carbonyl (C=O) groups excluding carboxylic acids is 1. The summed E-state index contributed by atoms with van der Waals surface area (Å²) in [6, 6.07) is 12.6. The summed E-state index contributed by atoms with van der Waals surface area (Å²) in [5.74, 6) is -0.612. The smallest absolute Gasteiger partial charge is 0.342 e. The molecular formula is C22H24F3N3O. The molecule has 1 amide bonds. The normalized spacial score (nSPS) is 13.4. The van der Waals surface area contributed by atoms with Crippen LogP contribution >= 0.6 is 0 Å². The maximum Gasteiger partial charge on any atom is 0.407 e. The molecule has 0 fully saturated rings. The zero-order valence-corrected chi connectivity index (χ0v) is 16.4. The molecule has 0 spiro atoms. The number of aryl methyl sites for hydroxylation is 1. The Balaban J connectivity index is 2.26. The van der Waals surface area contributed by atoms with Crippen molar-refractivity contribution >= 4 is 5.91 Å². The van der Waals surface area contributed by atoms with Crippen molar-refractivity contribution in [3.8, 4) is 17.2 Å². The van der Waals surface area contributed by atoms with Gasteiger partial charge in [0.15, 0.2) is 0 Å². The molecule has 0 heterocycles. The standard InChI is InChI=1S/C22H24F3N3O/c1-3-4-19(21(29)27-14-13-26)28-20(22(23,24)25)18-11-9-17(10-12-18)16-7-5-15(2)6-8-16/h5-12,19-20,28H,3-4,14H2,1-2H3,(H,27,29)/t19-,20-/m0/s1. The molecule has 0 aromatic heterocycles. The van der Waals surface area contributed by atoms with Crippen LogP contribution in [0.2, 0.25) is 0 Å². The molecular weight excluding hydrogens is 379 g/mol. The number of nitriles is 1. The molecule has 2 rings (SSSR count). The molecule has 0 aliphatic rings. The molecule has 0 bridgehead atoms. The number of hydrogen-bond acceptors (Lipinski definition) is 3. The zero-order valence-electron chi connectivity index (χ0n) is 16.4. The van der Waals surface area contributed by atoms with Crippen molar-refractivity contribution in [3.05, 3.63) is 59.7 Å². The van der Waals surface area contributed by atoms with E-state index in [9.17, 15) is 18.0 Å². The van der Waals surface area contributed by atoms with Crippen LogP contribution < -0.4 is 10.6 Å². The minimum atomic E-state index is -4.58. The minimum absolute atomic E-state index is 0.0301. The molecule has 0 saturated heterocycles. The van der Waals surface area contributed by atoms with Gasteiger partial charge in [-0.05, 0) is 30.0 Å². The Morgan fingerprint density at radius 2 is 1.62 bits per heavy atom. The highest BCUT2D eigenvalue weighted by atomic mass is 19.4. The minimum Gasteiger partial charge on any atom is -0.342 e. The molecule has 7 heteroatoms. The van der Waals surface area contributed by atoms with Crippen LogP contribution in [-0.4, -0.2) is 24.7 Å². The summed E-state index contributed by atoms with van der Waals surface area (Å²) in [5.41, 5.74) is 2.86. The Kier molecular flexibility index (Phi) is 7.80. The number of alkyl halides is 3. The van der Waals surface area contributed by atoms with Gasteiger partial charge < -0.3 is 5.32 Å². The van der Waals surface area contributed by atoms with Crippen molar-refractivity contribution in [2.45, 2.75) is 44.9 Å². The molecule has 2 aromatic rings. The summed E-state index contributed by atoms with van der Waals surface area (Å²) in [6.45, 7) is 3.50. The Morgan fingerprint density at radius 1 is 1.07 bits per heavy atom. The zero-order chi connectivity index (χ0) is 21.4. The number of hydrogen-bond donors (Lipinski definition) is 2. The topological polar surface area (TPSA) is 64.9 Å². The van der Waals surface area contributed by atoms with Crippen LogP contribution in [0.5, 0.6) is 0 Å². The Bertz CT molecular complexity index is 840. The van der Waals surface area contributed by atoms with Crippen LogP contribution in [0.4, 0.5) is 13.2 Å². The van der Waals surface area contributed by atoms with Crippen molar-refractivity contribution in [1.29, 1.82) is 5.26 Å². The number of nitrogens with zero attached hydrogens (tertiary/aromatic N) is 1. The molecule has 0 unspecified atom stereocenters. The quantitative estimate of drug-likeness (QED) is 0.630. The second-order valence-electron chi connectivity index (χ2n) is 6.85. The molecule has 29 heavy (non-hydrogen) atoms. The van der Waals surface area contributed by atoms with Gasteiger partial charge in [-0.3, -0.25) is 10.1 Å². The molecule has 2 atom stereocenters. The Hall–Kier alpha value is -2.85. The molecule has 2 aromatic carbocycles. The van der Waals surface area contributed by atoms with E-state index >= 15 is 0 Å². The van der Waals surface area contributed by atoms with E-state index in [1.165, 1.54) is 12.1 Å². The maximum atomic E-state index is 13.7. The predicted octanol–water partition coefficient (Wildman–Crippen LogP) is 4.66. The lowest BCUT2D eigenvalue weighted by molar-refractivity contribution is -0.161. The van der Waals surface area contributed by atoms with Gasteiger partial charge in [-0.25, -0.2) is 0 Å². The van der Waals surface area contributed by atoms with Crippen molar-refractivity contribution < 1.29 is 18.0 Å². The highest BCUT2D eigenvalue weighted by Gasteiger charge is 2.42. The van der Waals surface area contributed by atoms with Crippen molar-refractivity contribution in [3.63, 3.8) is 0 Å². The van der Waals surface area contributed by atoms with E-state index in [4.69, 9.17) is 5.26 Å². The van der Waals surface area contributed by atoms with Gasteiger partial charge in [0.1, 0.15) is 12.6 Å². The number of benzene rings is 2. The fourth-order valence-corrected chi connectivity index (χ4v) is 3.02. The van der Waals surface area contributed by atoms with Crippen molar-refractivity contribution in [1.82, 2.24) is 10.6 Å². The van der Waals surface area contributed by atoms with Crippen LogP contribution in [0.15, 0.2) is 48.5 Å². The summed E-state index contributed by atoms with van der Waals surface area (Å²) in [7, 11) is 0. The number of carbonyl (C=O) groups is 1. The lowest BCUT2D eigenvalue weighted by atomic mass is 9.98. The van der Waals surface area contributed by atoms with E-state index in [-0.39, 0.29) is 18.5 Å². The predicted molar refractivity (Wildman–Crippen MR) is 106 cm³/mol. The van der Waals surface area contributed by atoms with Crippen molar-refractivity contribution in [2.75, 3.05) is 6.54 Å². The monoisotopic (exact) mass is 403 g/mol. The van der Waals surface area contributed by atoms with E-state index in [1.807, 2.05) is 31.2 Å². The fourth-order valence-electron chi connectivity index (χ4n) is 3.02. The third kappa shape index (κ3) is 6.33. The van der Waals surface area contributed by atoms with Crippen LogP contribution in [0.3, 0.4) is 0 Å². The highest BCUT2D eigenvalue weighted by Crippen LogP contribution is 2.34. The highest BCUT2D eigenvalue weighted by molar-refractivity contribution is 5.82. The molecule has 0 saturated carbocycles. The summed E-state index contributed by atoms with van der Waals surface area (Å²) in [4.78, 5) is 12.2. The second kappa shape index (κ2) is 10.1. The van der Waals surface area contributed by atoms with Gasteiger partial charge in [-0.2, -0.15) is 18.4 Å². The first-order valence-electron chi connectivity index (χ1n) is 9.40. The van der Waals surface area contributed by atoms with Crippen LogP contribution in [0.25, 0.3) is 11.1 Å². The second-order valence-corrected chi connectivity index (χ2v) is 6.85. The molecule has 154 valence electrons. The van der Waals surface area contributed by atoms with E-state index in [1.54, 1.807) is 25.1 Å². The third-order valence-corrected chi connectivity index (χ3v) is 4.56. The van der Waals surface area contributed by atoms with Crippen LogP contribution in [0, 0.1) is 18.3 Å². The summed E-state index contributed by atoms with van der Waals surface area (Å²) in [6.07, 6.45) is -3.83. The molecule has 2 N–H and O–H groups in total. The summed E-state index contributed by atoms with van der Waals surface area (Å²) >= 11 is 0. The van der Waals surface area contributed by atoms with E-state index in [0.29, 0.717) is 6.42 Å². The van der Waals surface area contributed by atoms with Gasteiger partial charge in [0.25, 0.3) is 0 Å². The van der Waals surface area contributed by atoms with Gasteiger partial charge in [0.05, 0.1) is 12.1 Å². The first kappa shape index (κ1) is 22.4. The van der Waals surface area contributed by atoms with Gasteiger partial charge >= 0.3 is 6.18 Å². The average Bonchev–Trinajstić information content (AvgIpc) is 2.69. The molecule has 0 aliphatic carbocycles. The lowest BCUT2D eigenvalue weighted by Gasteiger charge is -2.27. The fraction of sp³-hybridized carbons (Fsp3) is 0.364. The molecule has 0 radical (unpaired) electrons. The van der Waals surface area contributed by atoms with Gasteiger partial charge in [-0.1, -0.05) is 67.4 Å².